The van der Waals surface area contributed by atoms with Crippen LogP contribution in [0.1, 0.15) is 78.6 Å². The van der Waals surface area contributed by atoms with Gasteiger partial charge in [-0.25, -0.2) is 4.79 Å². The van der Waals surface area contributed by atoms with E-state index in [1.54, 1.807) is 0 Å². The highest BCUT2D eigenvalue weighted by Crippen LogP contribution is 2.68. The summed E-state index contributed by atoms with van der Waals surface area (Å²) in [7, 11) is 2.76. The van der Waals surface area contributed by atoms with Crippen LogP contribution in [0, 0.1) is 46.3 Å². The Morgan fingerprint density at radius 3 is 2.41 bits per heavy atom. The Balaban J connectivity index is 1.53. The van der Waals surface area contributed by atoms with Crippen LogP contribution < -0.4 is 0 Å². The maximum Gasteiger partial charge on any atom is 0.508 e. The van der Waals surface area contributed by atoms with E-state index < -0.39 is 18.4 Å². The molecule has 0 aliphatic heterocycles. The summed E-state index contributed by atoms with van der Waals surface area (Å²) in [5, 5.41) is 23.1. The van der Waals surface area contributed by atoms with Crippen molar-refractivity contribution in [2.45, 2.75) is 96.9 Å². The first kappa shape index (κ1) is 25.7. The molecule has 4 saturated carbocycles. The molecule has 7 heteroatoms. The highest BCUT2D eigenvalue weighted by Gasteiger charge is 2.65. The standard InChI is InChI=1S/C27H44O7/c1-15(6-9-23(30)32-4)18-7-8-19-24-20(14-22(29)27(18,19)3)26(2)11-10-17(34-25(31)33-5)12-16(26)13-21(24)28/h15-22,24,28-29H,6-14H2,1-5H3/t15-,16-,17-,18-,19+,20+,21-,22-,24+,26+,27-/m1/s1. The van der Waals surface area contributed by atoms with Crippen LogP contribution in [0.15, 0.2) is 0 Å². The van der Waals surface area contributed by atoms with Crippen molar-refractivity contribution < 1.29 is 34.0 Å². The normalized spacial score (nSPS) is 46.4. The number of aliphatic hydroxyl groups is 2. The van der Waals surface area contributed by atoms with E-state index in [9.17, 15) is 19.8 Å². The minimum absolute atomic E-state index is 0.0246. The second kappa shape index (κ2) is 9.61. The van der Waals surface area contributed by atoms with Crippen LogP contribution in [0.25, 0.3) is 0 Å². The summed E-state index contributed by atoms with van der Waals surface area (Å²) in [4.78, 5) is 23.4. The Labute approximate surface area is 203 Å². The first-order valence-corrected chi connectivity index (χ1v) is 13.2. The van der Waals surface area contributed by atoms with E-state index in [0.717, 1.165) is 44.9 Å². The number of esters is 1. The van der Waals surface area contributed by atoms with Gasteiger partial charge in [0.25, 0.3) is 0 Å². The van der Waals surface area contributed by atoms with Crippen molar-refractivity contribution in [3.8, 4) is 0 Å². The van der Waals surface area contributed by atoms with Crippen molar-refractivity contribution >= 4 is 12.1 Å². The van der Waals surface area contributed by atoms with Crippen molar-refractivity contribution in [2.75, 3.05) is 14.2 Å². The molecule has 4 rings (SSSR count). The minimum Gasteiger partial charge on any atom is -0.469 e. The van der Waals surface area contributed by atoms with Gasteiger partial charge in [0, 0.05) is 6.42 Å². The minimum atomic E-state index is -0.634. The highest BCUT2D eigenvalue weighted by molar-refractivity contribution is 5.69. The summed E-state index contributed by atoms with van der Waals surface area (Å²) in [6, 6.07) is 0. The molecule has 0 bridgehead atoms. The maximum absolute atomic E-state index is 11.7. The first-order chi connectivity index (χ1) is 16.1. The smallest absolute Gasteiger partial charge is 0.469 e. The van der Waals surface area contributed by atoms with Gasteiger partial charge in [-0.15, -0.1) is 0 Å². The Morgan fingerprint density at radius 1 is 1.00 bits per heavy atom. The van der Waals surface area contributed by atoms with Gasteiger partial charge in [0.2, 0.25) is 0 Å². The monoisotopic (exact) mass is 480 g/mol. The van der Waals surface area contributed by atoms with Crippen molar-refractivity contribution in [3.05, 3.63) is 0 Å². The Kier molecular flexibility index (Phi) is 7.27. The summed E-state index contributed by atoms with van der Waals surface area (Å²) in [6.45, 7) is 6.79. The van der Waals surface area contributed by atoms with Gasteiger partial charge in [-0.1, -0.05) is 20.8 Å². The van der Waals surface area contributed by atoms with Crippen LogP contribution in [0.5, 0.6) is 0 Å². The molecule has 4 aliphatic carbocycles. The number of carbonyl (C=O) groups is 2. The molecule has 0 radical (unpaired) electrons. The quantitative estimate of drug-likeness (QED) is 0.565. The molecule has 0 heterocycles. The number of rotatable bonds is 5. The van der Waals surface area contributed by atoms with E-state index in [-0.39, 0.29) is 46.6 Å². The molecule has 0 saturated heterocycles. The summed E-state index contributed by atoms with van der Waals surface area (Å²) in [6.07, 6.45) is 5.53. The number of ether oxygens (including phenoxy) is 3. The number of fused-ring (bicyclic) bond motifs is 5. The van der Waals surface area contributed by atoms with E-state index >= 15 is 0 Å². The predicted octanol–water partition coefficient (Wildman–Crippen LogP) is 4.33. The van der Waals surface area contributed by atoms with Gasteiger partial charge in [0.05, 0.1) is 26.4 Å². The zero-order chi connectivity index (χ0) is 24.8. The number of hydrogen-bond donors (Lipinski definition) is 2. The van der Waals surface area contributed by atoms with E-state index in [4.69, 9.17) is 14.2 Å². The molecule has 7 nitrogen and oxygen atoms in total. The number of methoxy groups -OCH3 is 2. The SMILES string of the molecule is COC(=O)CC[C@@H](C)[C@H]1CC[C@H]2[C@@H]3[C@H](O)C[C@H]4C[C@H](OC(=O)OC)CC[C@]4(C)[C@H]3C[C@@H](O)[C@]12C. The third-order valence-corrected chi connectivity index (χ3v) is 11.0. The Bertz CT molecular complexity index is 770. The van der Waals surface area contributed by atoms with Crippen LogP contribution in [0.4, 0.5) is 4.79 Å². The lowest BCUT2D eigenvalue weighted by Crippen LogP contribution is -2.62. The summed E-state index contributed by atoms with van der Waals surface area (Å²) in [5.41, 5.74) is -0.219. The van der Waals surface area contributed by atoms with Gasteiger partial charge in [0.15, 0.2) is 0 Å². The van der Waals surface area contributed by atoms with Crippen LogP contribution in [0.2, 0.25) is 0 Å². The molecule has 0 amide bonds. The molecule has 194 valence electrons. The lowest BCUT2D eigenvalue weighted by Gasteiger charge is -2.63. The Morgan fingerprint density at radius 2 is 1.74 bits per heavy atom. The van der Waals surface area contributed by atoms with Gasteiger partial charge in [-0.05, 0) is 97.7 Å². The van der Waals surface area contributed by atoms with Crippen molar-refractivity contribution in [2.24, 2.45) is 46.3 Å². The second-order valence-corrected chi connectivity index (χ2v) is 12.2. The second-order valence-electron chi connectivity index (χ2n) is 12.2. The fraction of sp³-hybridized carbons (Fsp3) is 0.926. The lowest BCUT2D eigenvalue weighted by atomic mass is 9.43. The van der Waals surface area contributed by atoms with Crippen LogP contribution >= 0.6 is 0 Å². The number of carbonyl (C=O) groups excluding carboxylic acids is 2. The molecular formula is C27H44O7. The lowest BCUT2D eigenvalue weighted by molar-refractivity contribution is -0.207. The molecule has 2 N–H and O–H groups in total. The third-order valence-electron chi connectivity index (χ3n) is 11.0. The van der Waals surface area contributed by atoms with Crippen LogP contribution in [-0.4, -0.2) is 54.9 Å². The maximum atomic E-state index is 11.7. The van der Waals surface area contributed by atoms with Crippen LogP contribution in [0.3, 0.4) is 0 Å². The van der Waals surface area contributed by atoms with Crippen molar-refractivity contribution in [3.63, 3.8) is 0 Å². The van der Waals surface area contributed by atoms with E-state index in [2.05, 4.69) is 20.8 Å². The highest BCUT2D eigenvalue weighted by atomic mass is 16.7. The topological polar surface area (TPSA) is 102 Å². The average molecular weight is 481 g/mol. The first-order valence-electron chi connectivity index (χ1n) is 13.2. The van der Waals surface area contributed by atoms with Crippen molar-refractivity contribution in [1.82, 2.24) is 0 Å². The fourth-order valence-corrected chi connectivity index (χ4v) is 9.05. The Hall–Kier alpha value is -1.34. The van der Waals surface area contributed by atoms with Gasteiger partial charge >= 0.3 is 12.1 Å². The fourth-order valence-electron chi connectivity index (χ4n) is 9.05. The molecule has 0 aromatic rings. The van der Waals surface area contributed by atoms with E-state index in [1.165, 1.54) is 14.2 Å². The molecule has 11 atom stereocenters. The molecule has 34 heavy (non-hydrogen) atoms. The molecule has 4 aliphatic rings. The van der Waals surface area contributed by atoms with Crippen LogP contribution in [-0.2, 0) is 19.0 Å². The predicted molar refractivity (Wildman–Crippen MR) is 126 cm³/mol. The molecule has 4 fully saturated rings. The molecule has 0 unspecified atom stereocenters. The van der Waals surface area contributed by atoms with Gasteiger partial charge < -0.3 is 24.4 Å². The van der Waals surface area contributed by atoms with E-state index in [0.29, 0.717) is 24.7 Å². The summed E-state index contributed by atoms with van der Waals surface area (Å²) < 4.78 is 15.0. The van der Waals surface area contributed by atoms with E-state index in [1.807, 2.05) is 0 Å². The molecular weight excluding hydrogens is 436 g/mol. The number of hydrogen-bond acceptors (Lipinski definition) is 7. The summed E-state index contributed by atoms with van der Waals surface area (Å²) >= 11 is 0. The van der Waals surface area contributed by atoms with Gasteiger partial charge in [-0.2, -0.15) is 0 Å². The zero-order valence-electron chi connectivity index (χ0n) is 21.5. The van der Waals surface area contributed by atoms with Gasteiger partial charge in [0.1, 0.15) is 6.10 Å². The van der Waals surface area contributed by atoms with Crippen molar-refractivity contribution in [1.29, 1.82) is 0 Å². The zero-order valence-corrected chi connectivity index (χ0v) is 21.5. The number of aliphatic hydroxyl groups excluding tert-OH is 2. The molecule has 0 aromatic heterocycles. The summed E-state index contributed by atoms with van der Waals surface area (Å²) in [5.74, 6) is 1.46. The largest absolute Gasteiger partial charge is 0.508 e. The van der Waals surface area contributed by atoms with Gasteiger partial charge in [-0.3, -0.25) is 4.79 Å². The molecule has 0 aromatic carbocycles. The molecule has 0 spiro atoms. The third kappa shape index (κ3) is 4.15. The average Bonchev–Trinajstić information content (AvgIpc) is 3.17.